The Balaban J connectivity index is 1.99. The number of hydrogen-bond donors (Lipinski definition) is 0. The van der Waals surface area contributed by atoms with Crippen LogP contribution >= 0.6 is 0 Å². The van der Waals surface area contributed by atoms with Crippen LogP contribution in [-0.2, 0) is 9.84 Å². The lowest BCUT2D eigenvalue weighted by atomic mass is 10.1. The number of aromatic nitrogens is 3. The fourth-order valence-corrected chi connectivity index (χ4v) is 5.38. The number of rotatable bonds is 4. The van der Waals surface area contributed by atoms with Crippen LogP contribution in [0.25, 0.3) is 22.5 Å². The van der Waals surface area contributed by atoms with E-state index in [9.17, 15) is 13.2 Å². The summed E-state index contributed by atoms with van der Waals surface area (Å²) in [6, 6.07) is 24.8. The Morgan fingerprint density at radius 2 is 1.44 bits per heavy atom. The molecule has 6 nitrogen and oxygen atoms in total. The van der Waals surface area contributed by atoms with E-state index in [0.29, 0.717) is 11.3 Å². The Bertz CT molecular complexity index is 1590. The first-order chi connectivity index (χ1) is 15.5. The van der Waals surface area contributed by atoms with Crippen LogP contribution in [0.5, 0.6) is 0 Å². The molecule has 0 bridgehead atoms. The molecule has 5 rings (SSSR count). The van der Waals surface area contributed by atoms with Gasteiger partial charge in [-0.15, -0.1) is 0 Å². The molecule has 5 aromatic rings. The van der Waals surface area contributed by atoms with Crippen molar-refractivity contribution in [1.29, 1.82) is 0 Å². The maximum atomic E-state index is 14.0. The summed E-state index contributed by atoms with van der Waals surface area (Å²) in [5.41, 5.74) is 2.24. The van der Waals surface area contributed by atoms with Crippen molar-refractivity contribution >= 4 is 15.4 Å². The first-order valence-electron chi connectivity index (χ1n) is 10.0. The molecule has 0 amide bonds. The molecular formula is C25H19N3O3S. The fourth-order valence-electron chi connectivity index (χ4n) is 3.80. The second kappa shape index (κ2) is 7.62. The van der Waals surface area contributed by atoms with E-state index < -0.39 is 9.84 Å². The topological polar surface area (TPSA) is 73.4 Å². The van der Waals surface area contributed by atoms with E-state index in [2.05, 4.69) is 4.98 Å². The number of aryl methyl sites for hydroxylation is 1. The summed E-state index contributed by atoms with van der Waals surface area (Å²) in [5, 5.41) is -0.0106. The van der Waals surface area contributed by atoms with Gasteiger partial charge in [-0.1, -0.05) is 66.2 Å². The smallest absolute Gasteiger partial charge is 0.281 e. The molecule has 0 saturated heterocycles. The second-order valence-electron chi connectivity index (χ2n) is 7.46. The minimum absolute atomic E-state index is 0.0106. The molecule has 3 aromatic carbocycles. The number of imidazole rings is 1. The molecule has 0 aliphatic rings. The number of benzene rings is 3. The molecule has 7 heteroatoms. The summed E-state index contributed by atoms with van der Waals surface area (Å²) < 4.78 is 30.8. The first-order valence-corrected chi connectivity index (χ1v) is 11.5. The number of fused-ring (bicyclic) bond motifs is 1. The van der Waals surface area contributed by atoms with Crippen molar-refractivity contribution in [2.45, 2.75) is 16.8 Å². The van der Waals surface area contributed by atoms with Gasteiger partial charge < -0.3 is 0 Å². The van der Waals surface area contributed by atoms with E-state index in [1.54, 1.807) is 48.5 Å². The molecule has 0 saturated carbocycles. The summed E-state index contributed by atoms with van der Waals surface area (Å²) in [6.07, 6.45) is 2.77. The van der Waals surface area contributed by atoms with Crippen LogP contribution in [0.2, 0.25) is 0 Å². The standard InChI is InChI=1S/C25H19N3O3S/c1-18-12-14-21(15-13-18)32(30,31)25-23(19-8-4-2-5-9-19)28(20-10-6-3-7-11-20)24(29)22-16-26-17-27(22)25/h2-17H,1H3. The molecule has 0 N–H and O–H groups in total. The van der Waals surface area contributed by atoms with E-state index in [0.717, 1.165) is 5.56 Å². The number of hydrogen-bond acceptors (Lipinski definition) is 4. The lowest BCUT2D eigenvalue weighted by Crippen LogP contribution is -2.26. The summed E-state index contributed by atoms with van der Waals surface area (Å²) in [6.45, 7) is 1.90. The Morgan fingerprint density at radius 3 is 2.09 bits per heavy atom. The van der Waals surface area contributed by atoms with Crippen LogP contribution in [0.4, 0.5) is 0 Å². The molecule has 0 radical (unpaired) electrons. The molecule has 2 aromatic heterocycles. The van der Waals surface area contributed by atoms with E-state index in [1.165, 1.54) is 21.5 Å². The van der Waals surface area contributed by atoms with Crippen molar-refractivity contribution in [3.63, 3.8) is 0 Å². The third kappa shape index (κ3) is 3.14. The molecule has 0 atom stereocenters. The van der Waals surface area contributed by atoms with Crippen molar-refractivity contribution in [3.8, 4) is 16.9 Å². The molecule has 2 heterocycles. The highest BCUT2D eigenvalue weighted by atomic mass is 32.2. The molecule has 0 aliphatic heterocycles. The van der Waals surface area contributed by atoms with E-state index in [-0.39, 0.29) is 26.7 Å². The van der Waals surface area contributed by atoms with Gasteiger partial charge in [-0.25, -0.2) is 13.4 Å². The minimum Gasteiger partial charge on any atom is -0.282 e. The van der Waals surface area contributed by atoms with Crippen LogP contribution in [0.1, 0.15) is 5.56 Å². The van der Waals surface area contributed by atoms with Crippen LogP contribution < -0.4 is 5.56 Å². The summed E-state index contributed by atoms with van der Waals surface area (Å²) in [5.74, 6) is 0. The van der Waals surface area contributed by atoms with Crippen LogP contribution in [0.15, 0.2) is 112 Å². The predicted octanol–water partition coefficient (Wildman–Crippen LogP) is 4.29. The first kappa shape index (κ1) is 20.0. The average Bonchev–Trinajstić information content (AvgIpc) is 3.30. The zero-order valence-electron chi connectivity index (χ0n) is 17.2. The lowest BCUT2D eigenvalue weighted by Gasteiger charge is -2.19. The molecule has 32 heavy (non-hydrogen) atoms. The molecule has 158 valence electrons. The highest BCUT2D eigenvalue weighted by Gasteiger charge is 2.30. The van der Waals surface area contributed by atoms with Gasteiger partial charge in [0.15, 0.2) is 5.03 Å². The Hall–Kier alpha value is -3.97. The summed E-state index contributed by atoms with van der Waals surface area (Å²) in [7, 11) is -4.02. The van der Waals surface area contributed by atoms with E-state index in [4.69, 9.17) is 0 Å². The largest absolute Gasteiger partial charge is 0.282 e. The number of para-hydroxylation sites is 1. The molecule has 0 aliphatic carbocycles. The number of nitrogens with zero attached hydrogens (tertiary/aromatic N) is 3. The van der Waals surface area contributed by atoms with Crippen LogP contribution in [0, 0.1) is 6.92 Å². The van der Waals surface area contributed by atoms with Crippen molar-refractivity contribution in [1.82, 2.24) is 14.0 Å². The van der Waals surface area contributed by atoms with Gasteiger partial charge in [-0.3, -0.25) is 13.8 Å². The van der Waals surface area contributed by atoms with E-state index in [1.807, 2.05) is 43.3 Å². The molecule has 0 fully saturated rings. The van der Waals surface area contributed by atoms with Crippen molar-refractivity contribution in [3.05, 3.63) is 113 Å². The van der Waals surface area contributed by atoms with Gasteiger partial charge in [0, 0.05) is 11.3 Å². The molecule has 0 unspecified atom stereocenters. The Labute approximate surface area is 185 Å². The summed E-state index contributed by atoms with van der Waals surface area (Å²) in [4.78, 5) is 17.8. The maximum absolute atomic E-state index is 14.0. The van der Waals surface area contributed by atoms with E-state index >= 15 is 0 Å². The van der Waals surface area contributed by atoms with Crippen molar-refractivity contribution in [2.24, 2.45) is 0 Å². The van der Waals surface area contributed by atoms with Gasteiger partial charge in [-0.05, 0) is 31.2 Å². The highest BCUT2D eigenvalue weighted by Crippen LogP contribution is 2.33. The van der Waals surface area contributed by atoms with Gasteiger partial charge in [-0.2, -0.15) is 0 Å². The van der Waals surface area contributed by atoms with Gasteiger partial charge in [0.2, 0.25) is 9.84 Å². The monoisotopic (exact) mass is 441 g/mol. The highest BCUT2D eigenvalue weighted by molar-refractivity contribution is 7.91. The quantitative estimate of drug-likeness (QED) is 0.417. The number of sulfone groups is 1. The maximum Gasteiger partial charge on any atom is 0.281 e. The van der Waals surface area contributed by atoms with Gasteiger partial charge in [0.1, 0.15) is 11.8 Å². The Morgan fingerprint density at radius 1 is 0.812 bits per heavy atom. The SMILES string of the molecule is Cc1ccc(S(=O)(=O)c2c(-c3ccccc3)n(-c3ccccc3)c(=O)c3cncn23)cc1. The second-order valence-corrected chi connectivity index (χ2v) is 9.33. The zero-order valence-corrected chi connectivity index (χ0v) is 18.0. The zero-order chi connectivity index (χ0) is 22.3. The fraction of sp³-hybridized carbons (Fsp3) is 0.0400. The van der Waals surface area contributed by atoms with Crippen LogP contribution in [0.3, 0.4) is 0 Å². The van der Waals surface area contributed by atoms with Gasteiger partial charge in [0.25, 0.3) is 5.56 Å². The predicted molar refractivity (Wildman–Crippen MR) is 123 cm³/mol. The van der Waals surface area contributed by atoms with Crippen molar-refractivity contribution in [2.75, 3.05) is 0 Å². The summed E-state index contributed by atoms with van der Waals surface area (Å²) >= 11 is 0. The van der Waals surface area contributed by atoms with Crippen LogP contribution in [-0.4, -0.2) is 22.4 Å². The Kier molecular flexibility index (Phi) is 4.75. The van der Waals surface area contributed by atoms with Gasteiger partial charge >= 0.3 is 0 Å². The lowest BCUT2D eigenvalue weighted by molar-refractivity contribution is 0.589. The molecule has 0 spiro atoms. The third-order valence-electron chi connectivity index (χ3n) is 5.35. The van der Waals surface area contributed by atoms with Gasteiger partial charge in [0.05, 0.1) is 16.8 Å². The van der Waals surface area contributed by atoms with Crippen molar-refractivity contribution < 1.29 is 8.42 Å². The normalized spacial score (nSPS) is 11.7. The minimum atomic E-state index is -4.02. The average molecular weight is 442 g/mol. The third-order valence-corrected chi connectivity index (χ3v) is 7.15. The molecular weight excluding hydrogens is 422 g/mol.